The molecule has 0 aliphatic rings. The predicted octanol–water partition coefficient (Wildman–Crippen LogP) is 2.93. The van der Waals surface area contributed by atoms with Crippen LogP contribution in [0.15, 0.2) is 42.7 Å². The van der Waals surface area contributed by atoms with Crippen LogP contribution in [0.5, 0.6) is 0 Å². The molecule has 1 aromatic heterocycles. The molecule has 0 unspecified atom stereocenters. The van der Waals surface area contributed by atoms with Gasteiger partial charge >= 0.3 is 0 Å². The fourth-order valence-electron chi connectivity index (χ4n) is 2.36. The molecular weight excluding hydrogens is 234 g/mol. The largest absolute Gasteiger partial charge is 0.334 e. The summed E-state index contributed by atoms with van der Waals surface area (Å²) in [4.78, 5) is 6.63. The highest BCUT2D eigenvalue weighted by molar-refractivity contribution is 5.18. The van der Waals surface area contributed by atoms with Crippen LogP contribution in [0.25, 0.3) is 0 Å². The molecule has 0 spiro atoms. The fourth-order valence-corrected chi connectivity index (χ4v) is 2.36. The van der Waals surface area contributed by atoms with E-state index < -0.39 is 0 Å². The van der Waals surface area contributed by atoms with Crippen molar-refractivity contribution in [3.05, 3.63) is 54.1 Å². The zero-order chi connectivity index (χ0) is 13.7. The van der Waals surface area contributed by atoms with Crippen molar-refractivity contribution in [3.63, 3.8) is 0 Å². The molecule has 0 amide bonds. The third-order valence-electron chi connectivity index (χ3n) is 3.60. The highest BCUT2D eigenvalue weighted by Crippen LogP contribution is 2.15. The molecule has 0 bridgehead atoms. The molecule has 0 aliphatic heterocycles. The zero-order valence-electron chi connectivity index (χ0n) is 12.1. The molecule has 2 aromatic rings. The minimum Gasteiger partial charge on any atom is -0.334 e. The molecule has 0 N–H and O–H groups in total. The number of aryl methyl sites for hydroxylation is 1. The molecule has 0 radical (unpaired) electrons. The summed E-state index contributed by atoms with van der Waals surface area (Å²) in [5.41, 5.74) is 1.41. The van der Waals surface area contributed by atoms with Crippen LogP contribution in [0, 0.1) is 6.92 Å². The van der Waals surface area contributed by atoms with Gasteiger partial charge in [-0.2, -0.15) is 0 Å². The average molecular weight is 257 g/mol. The lowest BCUT2D eigenvalue weighted by molar-refractivity contribution is 0.302. The van der Waals surface area contributed by atoms with Crippen molar-refractivity contribution in [2.45, 2.75) is 26.3 Å². The summed E-state index contributed by atoms with van der Waals surface area (Å²) in [6, 6.07) is 10.7. The van der Waals surface area contributed by atoms with E-state index in [-0.39, 0.29) is 0 Å². The van der Waals surface area contributed by atoms with E-state index in [9.17, 15) is 0 Å². The van der Waals surface area contributed by atoms with Crippen molar-refractivity contribution in [1.29, 1.82) is 0 Å². The van der Waals surface area contributed by atoms with Gasteiger partial charge in [-0.05, 0) is 25.5 Å². The molecule has 19 heavy (non-hydrogen) atoms. The number of benzene rings is 1. The van der Waals surface area contributed by atoms with Crippen LogP contribution >= 0.6 is 0 Å². The maximum absolute atomic E-state index is 4.25. The maximum atomic E-state index is 4.25. The summed E-state index contributed by atoms with van der Waals surface area (Å²) >= 11 is 0. The number of aromatic nitrogens is 2. The van der Waals surface area contributed by atoms with Gasteiger partial charge in [-0.1, -0.05) is 37.3 Å². The first-order valence-electron chi connectivity index (χ1n) is 6.88. The third-order valence-corrected chi connectivity index (χ3v) is 3.60. The summed E-state index contributed by atoms with van der Waals surface area (Å²) in [6.07, 6.45) is 3.91. The second kappa shape index (κ2) is 6.53. The minimum absolute atomic E-state index is 0.565. The van der Waals surface area contributed by atoms with E-state index in [1.54, 1.807) is 0 Å². The molecule has 0 saturated heterocycles. The quantitative estimate of drug-likeness (QED) is 0.793. The minimum atomic E-state index is 0.565. The molecule has 1 aromatic carbocycles. The molecule has 1 atom stereocenters. The number of rotatable bonds is 6. The molecule has 1 heterocycles. The van der Waals surface area contributed by atoms with Gasteiger partial charge in [0.15, 0.2) is 0 Å². The van der Waals surface area contributed by atoms with Gasteiger partial charge in [0.2, 0.25) is 0 Å². The lowest BCUT2D eigenvalue weighted by Gasteiger charge is -2.22. The Kier molecular flexibility index (Phi) is 4.74. The van der Waals surface area contributed by atoms with E-state index in [0.29, 0.717) is 5.92 Å². The lowest BCUT2D eigenvalue weighted by atomic mass is 10.0. The van der Waals surface area contributed by atoms with Crippen molar-refractivity contribution in [3.8, 4) is 0 Å². The van der Waals surface area contributed by atoms with Crippen LogP contribution in [0.4, 0.5) is 0 Å². The Bertz CT molecular complexity index is 490. The van der Waals surface area contributed by atoms with E-state index in [4.69, 9.17) is 0 Å². The normalized spacial score (nSPS) is 12.8. The maximum Gasteiger partial charge on any atom is 0.105 e. The highest BCUT2D eigenvalue weighted by Gasteiger charge is 2.08. The number of imidazole rings is 1. The second-order valence-electron chi connectivity index (χ2n) is 5.24. The fraction of sp³-hybridized carbons (Fsp3) is 0.438. The Hall–Kier alpha value is -1.61. The van der Waals surface area contributed by atoms with Gasteiger partial charge < -0.3 is 9.47 Å². The van der Waals surface area contributed by atoms with Gasteiger partial charge in [0.05, 0.1) is 0 Å². The molecular formula is C16H23N3. The summed E-state index contributed by atoms with van der Waals surface area (Å²) < 4.78 is 2.20. The molecule has 3 heteroatoms. The van der Waals surface area contributed by atoms with E-state index in [2.05, 4.69) is 58.8 Å². The Morgan fingerprint density at radius 1 is 1.26 bits per heavy atom. The highest BCUT2D eigenvalue weighted by atomic mass is 15.1. The van der Waals surface area contributed by atoms with Crippen molar-refractivity contribution in [1.82, 2.24) is 14.5 Å². The average Bonchev–Trinajstić information content (AvgIpc) is 2.83. The van der Waals surface area contributed by atoms with Crippen LogP contribution in [-0.4, -0.2) is 34.6 Å². The van der Waals surface area contributed by atoms with Crippen molar-refractivity contribution in [2.75, 3.05) is 20.1 Å². The van der Waals surface area contributed by atoms with Gasteiger partial charge in [0, 0.05) is 32.0 Å². The Morgan fingerprint density at radius 3 is 2.63 bits per heavy atom. The number of likely N-dealkylation sites (N-methyl/N-ethyl adjacent to an activating group) is 1. The summed E-state index contributed by atoms with van der Waals surface area (Å²) in [6.45, 7) is 7.47. The summed E-state index contributed by atoms with van der Waals surface area (Å²) in [7, 11) is 2.19. The first-order chi connectivity index (χ1) is 9.16. The smallest absolute Gasteiger partial charge is 0.105 e. The monoisotopic (exact) mass is 257 g/mol. The van der Waals surface area contributed by atoms with E-state index in [1.165, 1.54) is 5.56 Å². The van der Waals surface area contributed by atoms with Crippen LogP contribution in [0.2, 0.25) is 0 Å². The van der Waals surface area contributed by atoms with Crippen LogP contribution in [-0.2, 0) is 6.54 Å². The van der Waals surface area contributed by atoms with Gasteiger partial charge in [-0.15, -0.1) is 0 Å². The van der Waals surface area contributed by atoms with Crippen LogP contribution in [0.3, 0.4) is 0 Å². The van der Waals surface area contributed by atoms with Crippen molar-refractivity contribution < 1.29 is 0 Å². The molecule has 0 saturated carbocycles. The SMILES string of the molecule is Cc1nccn1CCN(C)C[C@@H](C)c1ccccc1. The molecule has 2 rings (SSSR count). The predicted molar refractivity (Wildman–Crippen MR) is 79.3 cm³/mol. The summed E-state index contributed by atoms with van der Waals surface area (Å²) in [5, 5.41) is 0. The van der Waals surface area contributed by atoms with Crippen LogP contribution < -0.4 is 0 Å². The Labute approximate surface area is 115 Å². The van der Waals surface area contributed by atoms with Crippen molar-refractivity contribution in [2.24, 2.45) is 0 Å². The van der Waals surface area contributed by atoms with Gasteiger partial charge in [-0.25, -0.2) is 4.98 Å². The van der Waals surface area contributed by atoms with E-state index in [0.717, 1.165) is 25.5 Å². The van der Waals surface area contributed by atoms with Crippen molar-refractivity contribution >= 4 is 0 Å². The molecule has 102 valence electrons. The summed E-state index contributed by atoms with van der Waals surface area (Å²) in [5.74, 6) is 1.65. The van der Waals surface area contributed by atoms with Gasteiger partial charge in [0.1, 0.15) is 5.82 Å². The first kappa shape index (κ1) is 13.8. The van der Waals surface area contributed by atoms with Crippen LogP contribution in [0.1, 0.15) is 24.2 Å². The second-order valence-corrected chi connectivity index (χ2v) is 5.24. The van der Waals surface area contributed by atoms with Gasteiger partial charge in [0.25, 0.3) is 0 Å². The zero-order valence-corrected chi connectivity index (χ0v) is 12.1. The number of hydrogen-bond donors (Lipinski definition) is 0. The molecule has 3 nitrogen and oxygen atoms in total. The first-order valence-corrected chi connectivity index (χ1v) is 6.88. The topological polar surface area (TPSA) is 21.1 Å². The van der Waals surface area contributed by atoms with E-state index in [1.807, 2.05) is 19.3 Å². The van der Waals surface area contributed by atoms with Gasteiger partial charge in [-0.3, -0.25) is 0 Å². The number of hydrogen-bond acceptors (Lipinski definition) is 2. The van der Waals surface area contributed by atoms with E-state index >= 15 is 0 Å². The molecule has 0 fully saturated rings. The number of nitrogens with zero attached hydrogens (tertiary/aromatic N) is 3. The standard InChI is InChI=1S/C16H23N3/c1-14(16-7-5-4-6-8-16)13-18(3)11-12-19-10-9-17-15(19)2/h4-10,14H,11-13H2,1-3H3/t14-/m1/s1. The Morgan fingerprint density at radius 2 is 2.00 bits per heavy atom. The lowest BCUT2D eigenvalue weighted by Crippen LogP contribution is -2.27. The third kappa shape index (κ3) is 3.93. The Balaban J connectivity index is 1.81. The molecule has 0 aliphatic carbocycles.